The van der Waals surface area contributed by atoms with Crippen LogP contribution in [0.3, 0.4) is 0 Å². The van der Waals surface area contributed by atoms with Crippen molar-refractivity contribution in [3.63, 3.8) is 0 Å². The second-order valence-corrected chi connectivity index (χ2v) is 13.8. The van der Waals surface area contributed by atoms with Gasteiger partial charge >= 0.3 is 0 Å². The largest absolute Gasteiger partial charge is 0.273 e. The lowest BCUT2D eigenvalue weighted by Gasteiger charge is -2.34. The molecular weight excluding hydrogens is 240 g/mol. The Labute approximate surface area is 99.7 Å². The summed E-state index contributed by atoms with van der Waals surface area (Å²) >= 11 is 0. The molecule has 3 nitrogen and oxygen atoms in total. The lowest BCUT2D eigenvalue weighted by Crippen LogP contribution is -2.37. The topological polar surface area (TPSA) is 43.4 Å². The van der Waals surface area contributed by atoms with Crippen LogP contribution in [0.1, 0.15) is 19.3 Å². The molecule has 0 N–H and O–H groups in total. The van der Waals surface area contributed by atoms with Crippen molar-refractivity contribution in [2.75, 3.05) is 7.11 Å². The Bertz CT molecular complexity index is 371. The van der Waals surface area contributed by atoms with Crippen LogP contribution in [0.25, 0.3) is 0 Å². The highest BCUT2D eigenvalue weighted by atomic mass is 32.2. The van der Waals surface area contributed by atoms with Crippen LogP contribution < -0.4 is 0 Å². The summed E-state index contributed by atoms with van der Waals surface area (Å²) in [6.07, 6.45) is 3.08. The van der Waals surface area contributed by atoms with Crippen molar-refractivity contribution in [3.8, 4) is 0 Å². The van der Waals surface area contributed by atoms with Crippen molar-refractivity contribution in [3.05, 3.63) is 0 Å². The molecule has 0 aliphatic heterocycles. The van der Waals surface area contributed by atoms with E-state index in [9.17, 15) is 8.42 Å². The molecule has 16 heavy (non-hydrogen) atoms. The Morgan fingerprint density at radius 3 is 2.06 bits per heavy atom. The Balaban J connectivity index is 2.12. The van der Waals surface area contributed by atoms with Crippen molar-refractivity contribution < 1.29 is 12.6 Å². The van der Waals surface area contributed by atoms with Gasteiger partial charge in [0, 0.05) is 8.07 Å². The first kappa shape index (κ1) is 12.6. The average molecular weight is 262 g/mol. The van der Waals surface area contributed by atoms with Crippen molar-refractivity contribution >= 4 is 18.2 Å². The van der Waals surface area contributed by atoms with Gasteiger partial charge in [0.2, 0.25) is 0 Å². The molecule has 4 atom stereocenters. The summed E-state index contributed by atoms with van der Waals surface area (Å²) in [6, 6.07) is 0. The van der Waals surface area contributed by atoms with Gasteiger partial charge in [-0.05, 0) is 36.6 Å². The van der Waals surface area contributed by atoms with Crippen LogP contribution >= 0.6 is 0 Å². The zero-order valence-corrected chi connectivity index (χ0v) is 12.4. The van der Waals surface area contributed by atoms with E-state index in [4.69, 9.17) is 0 Å². The third-order valence-corrected chi connectivity index (χ3v) is 9.22. The van der Waals surface area contributed by atoms with Gasteiger partial charge in [0.25, 0.3) is 10.1 Å². The van der Waals surface area contributed by atoms with Gasteiger partial charge in [-0.2, -0.15) is 8.42 Å². The Hall–Kier alpha value is 0.127. The second kappa shape index (κ2) is 3.82. The maximum Gasteiger partial charge on any atom is 0.270 e. The van der Waals surface area contributed by atoms with E-state index in [1.165, 1.54) is 7.11 Å². The summed E-state index contributed by atoms with van der Waals surface area (Å²) in [5.74, 6) is 1.01. The molecule has 0 aromatic heterocycles. The Morgan fingerprint density at radius 2 is 1.69 bits per heavy atom. The fourth-order valence-corrected chi connectivity index (χ4v) is 7.88. The maximum atomic E-state index is 11.7. The first-order valence-corrected chi connectivity index (χ1v) is 11.1. The van der Waals surface area contributed by atoms with E-state index >= 15 is 0 Å². The third kappa shape index (κ3) is 1.97. The van der Waals surface area contributed by atoms with Gasteiger partial charge in [0.05, 0.1) is 12.4 Å². The molecule has 2 bridgehead atoms. The number of rotatable bonds is 3. The van der Waals surface area contributed by atoms with Gasteiger partial charge in [-0.25, -0.2) is 0 Å². The molecular formula is C11H22O3SSi. The molecule has 2 rings (SSSR count). The molecule has 0 heterocycles. The van der Waals surface area contributed by atoms with E-state index in [-0.39, 0.29) is 5.25 Å². The average Bonchev–Trinajstić information content (AvgIpc) is 2.74. The quantitative estimate of drug-likeness (QED) is 0.580. The summed E-state index contributed by atoms with van der Waals surface area (Å²) < 4.78 is 28.2. The van der Waals surface area contributed by atoms with Gasteiger partial charge in [0.15, 0.2) is 0 Å². The first-order chi connectivity index (χ1) is 7.25. The van der Waals surface area contributed by atoms with Crippen LogP contribution in [0, 0.1) is 11.8 Å². The van der Waals surface area contributed by atoms with Gasteiger partial charge in [-0.1, -0.05) is 19.6 Å². The molecule has 2 aliphatic rings. The monoisotopic (exact) mass is 262 g/mol. The summed E-state index contributed by atoms with van der Waals surface area (Å²) in [5, 5.41) is -0.213. The van der Waals surface area contributed by atoms with Gasteiger partial charge in [0.1, 0.15) is 0 Å². The van der Waals surface area contributed by atoms with Crippen molar-refractivity contribution in [2.24, 2.45) is 11.8 Å². The van der Waals surface area contributed by atoms with E-state index < -0.39 is 18.2 Å². The molecule has 2 saturated carbocycles. The van der Waals surface area contributed by atoms with Gasteiger partial charge < -0.3 is 0 Å². The standard InChI is InChI=1S/C11H22O3SSi/c1-14-15(12,13)10-6-9-5-8(10)7-11(9)16(2,3)4/h8-11H,5-7H2,1-4H3. The highest BCUT2D eigenvalue weighted by molar-refractivity contribution is 7.87. The number of hydrogen-bond donors (Lipinski definition) is 0. The predicted octanol–water partition coefficient (Wildman–Crippen LogP) is 2.47. The van der Waals surface area contributed by atoms with E-state index in [1.54, 1.807) is 0 Å². The summed E-state index contributed by atoms with van der Waals surface area (Å²) in [6.45, 7) is 7.20. The molecule has 0 spiro atoms. The fourth-order valence-electron chi connectivity index (χ4n) is 3.76. The molecule has 0 radical (unpaired) electrons. The minimum absolute atomic E-state index is 0.213. The van der Waals surface area contributed by atoms with Crippen molar-refractivity contribution in [1.82, 2.24) is 0 Å². The number of hydrogen-bond acceptors (Lipinski definition) is 3. The van der Waals surface area contributed by atoms with E-state index in [0.29, 0.717) is 11.8 Å². The summed E-state index contributed by atoms with van der Waals surface area (Å²) in [5.41, 5.74) is 0.820. The minimum Gasteiger partial charge on any atom is -0.273 e. The van der Waals surface area contributed by atoms with Crippen molar-refractivity contribution in [1.29, 1.82) is 0 Å². The van der Waals surface area contributed by atoms with Gasteiger partial charge in [-0.15, -0.1) is 0 Å². The normalized spacial score (nSPS) is 39.2. The molecule has 0 amide bonds. The van der Waals surface area contributed by atoms with Crippen LogP contribution in [0.2, 0.25) is 25.2 Å². The van der Waals surface area contributed by atoms with E-state index in [2.05, 4.69) is 23.8 Å². The SMILES string of the molecule is COS(=O)(=O)C1CC2CC1CC2[Si](C)(C)C. The lowest BCUT2D eigenvalue weighted by molar-refractivity contribution is 0.361. The molecule has 0 aromatic carbocycles. The molecule has 0 saturated heterocycles. The van der Waals surface area contributed by atoms with Gasteiger partial charge in [-0.3, -0.25) is 4.18 Å². The van der Waals surface area contributed by atoms with Crippen LogP contribution in [-0.4, -0.2) is 28.9 Å². The molecule has 4 unspecified atom stereocenters. The smallest absolute Gasteiger partial charge is 0.270 e. The van der Waals surface area contributed by atoms with E-state index in [0.717, 1.165) is 24.8 Å². The first-order valence-electron chi connectivity index (χ1n) is 6.05. The van der Waals surface area contributed by atoms with E-state index in [1.807, 2.05) is 0 Å². The molecule has 0 aromatic rings. The highest BCUT2D eigenvalue weighted by Crippen LogP contribution is 2.57. The summed E-state index contributed by atoms with van der Waals surface area (Å²) in [7, 11) is -3.11. The van der Waals surface area contributed by atoms with Crippen LogP contribution in [0.4, 0.5) is 0 Å². The van der Waals surface area contributed by atoms with Crippen LogP contribution in [-0.2, 0) is 14.3 Å². The number of fused-ring (bicyclic) bond motifs is 2. The Morgan fingerprint density at radius 1 is 1.06 bits per heavy atom. The maximum absolute atomic E-state index is 11.7. The minimum atomic E-state index is -3.28. The molecule has 5 heteroatoms. The molecule has 2 fully saturated rings. The Kier molecular flexibility index (Phi) is 3.00. The second-order valence-electron chi connectivity index (χ2n) is 6.40. The highest BCUT2D eigenvalue weighted by Gasteiger charge is 2.53. The zero-order valence-electron chi connectivity index (χ0n) is 10.6. The predicted molar refractivity (Wildman–Crippen MR) is 67.6 cm³/mol. The molecule has 2 aliphatic carbocycles. The van der Waals surface area contributed by atoms with Crippen molar-refractivity contribution in [2.45, 2.75) is 49.7 Å². The zero-order chi connectivity index (χ0) is 12.1. The third-order valence-electron chi connectivity index (χ3n) is 4.51. The lowest BCUT2D eigenvalue weighted by atomic mass is 9.99. The molecule has 94 valence electrons. The summed E-state index contributed by atoms with van der Waals surface area (Å²) in [4.78, 5) is 0. The van der Waals surface area contributed by atoms with Crippen LogP contribution in [0.15, 0.2) is 0 Å². The fraction of sp³-hybridized carbons (Fsp3) is 1.00. The van der Waals surface area contributed by atoms with Crippen LogP contribution in [0.5, 0.6) is 0 Å².